The van der Waals surface area contributed by atoms with Gasteiger partial charge in [0.15, 0.2) is 11.5 Å². The second-order valence-electron chi connectivity index (χ2n) is 5.31. The molecule has 0 saturated carbocycles. The van der Waals surface area contributed by atoms with Crippen molar-refractivity contribution in [2.75, 3.05) is 13.2 Å². The van der Waals surface area contributed by atoms with Crippen LogP contribution in [0, 0.1) is 0 Å². The van der Waals surface area contributed by atoms with Crippen LogP contribution >= 0.6 is 0 Å². The number of hydrazine groups is 1. The van der Waals surface area contributed by atoms with Gasteiger partial charge in [-0.1, -0.05) is 30.3 Å². The first kappa shape index (κ1) is 16.6. The molecular formula is C18H18N2O5. The van der Waals surface area contributed by atoms with E-state index in [2.05, 4.69) is 10.9 Å². The van der Waals surface area contributed by atoms with Crippen molar-refractivity contribution in [1.82, 2.24) is 10.9 Å². The van der Waals surface area contributed by atoms with Gasteiger partial charge in [0.2, 0.25) is 12.0 Å². The number of fused-ring (bicyclic) bond motifs is 1. The molecule has 2 aromatic rings. The third-order valence-electron chi connectivity index (χ3n) is 3.47. The normalized spacial score (nSPS) is 15.1. The molecule has 1 unspecified atom stereocenters. The van der Waals surface area contributed by atoms with Crippen molar-refractivity contribution in [2.45, 2.75) is 12.5 Å². The van der Waals surface area contributed by atoms with Crippen molar-refractivity contribution < 1.29 is 23.8 Å². The van der Waals surface area contributed by atoms with Crippen molar-refractivity contribution in [1.29, 1.82) is 0 Å². The first-order valence-corrected chi connectivity index (χ1v) is 7.87. The Labute approximate surface area is 144 Å². The van der Waals surface area contributed by atoms with Gasteiger partial charge in [0.1, 0.15) is 12.4 Å². The van der Waals surface area contributed by atoms with E-state index < -0.39 is 12.0 Å². The monoisotopic (exact) mass is 342 g/mol. The number of rotatable bonds is 5. The Balaban J connectivity index is 1.38. The molecule has 0 fully saturated rings. The van der Waals surface area contributed by atoms with Gasteiger partial charge in [0.05, 0.1) is 13.0 Å². The Morgan fingerprint density at radius 2 is 1.72 bits per heavy atom. The van der Waals surface area contributed by atoms with Crippen molar-refractivity contribution in [3.05, 3.63) is 54.6 Å². The number of nitrogens with one attached hydrogen (secondary N) is 2. The number of ether oxygens (including phenoxy) is 3. The Morgan fingerprint density at radius 3 is 2.52 bits per heavy atom. The lowest BCUT2D eigenvalue weighted by Crippen LogP contribution is -2.51. The molecule has 1 aliphatic rings. The van der Waals surface area contributed by atoms with E-state index in [9.17, 15) is 9.59 Å². The predicted octanol–water partition coefficient (Wildman–Crippen LogP) is 1.44. The van der Waals surface area contributed by atoms with E-state index in [4.69, 9.17) is 14.2 Å². The molecule has 2 amide bonds. The molecule has 0 saturated heterocycles. The lowest BCUT2D eigenvalue weighted by Gasteiger charge is -2.25. The summed E-state index contributed by atoms with van der Waals surface area (Å²) in [7, 11) is 0. The van der Waals surface area contributed by atoms with Gasteiger partial charge < -0.3 is 14.2 Å². The highest BCUT2D eigenvalue weighted by atomic mass is 16.6. The topological polar surface area (TPSA) is 85.9 Å². The summed E-state index contributed by atoms with van der Waals surface area (Å²) in [5.74, 6) is 0.934. The number of carbonyl (C=O) groups excluding carboxylic acids is 2. The van der Waals surface area contributed by atoms with Gasteiger partial charge in [0.25, 0.3) is 5.91 Å². The lowest BCUT2D eigenvalue weighted by atomic mass is 10.2. The maximum absolute atomic E-state index is 12.0. The highest BCUT2D eigenvalue weighted by Gasteiger charge is 2.27. The minimum atomic E-state index is -0.823. The molecule has 0 aliphatic carbocycles. The molecule has 0 bridgehead atoms. The SMILES string of the molecule is O=C(CCOc1ccccc1)NNC(=O)C1COc2ccccc2O1. The van der Waals surface area contributed by atoms with Crippen LogP contribution in [-0.2, 0) is 9.59 Å². The second-order valence-corrected chi connectivity index (χ2v) is 5.31. The zero-order valence-electron chi connectivity index (χ0n) is 13.4. The summed E-state index contributed by atoms with van der Waals surface area (Å²) in [4.78, 5) is 23.8. The van der Waals surface area contributed by atoms with Gasteiger partial charge in [-0.15, -0.1) is 0 Å². The highest BCUT2D eigenvalue weighted by Crippen LogP contribution is 2.30. The van der Waals surface area contributed by atoms with Crippen molar-refractivity contribution in [3.63, 3.8) is 0 Å². The number of carbonyl (C=O) groups is 2. The molecular weight excluding hydrogens is 324 g/mol. The Hall–Kier alpha value is -3.22. The van der Waals surface area contributed by atoms with E-state index >= 15 is 0 Å². The van der Waals surface area contributed by atoms with Gasteiger partial charge in [-0.25, -0.2) is 0 Å². The fraction of sp³-hybridized carbons (Fsp3) is 0.222. The first-order chi connectivity index (χ1) is 12.2. The summed E-state index contributed by atoms with van der Waals surface area (Å²) < 4.78 is 16.4. The molecule has 1 aliphatic heterocycles. The Morgan fingerprint density at radius 1 is 1.00 bits per heavy atom. The maximum atomic E-state index is 12.0. The molecule has 25 heavy (non-hydrogen) atoms. The molecule has 2 aromatic carbocycles. The summed E-state index contributed by atoms with van der Waals surface area (Å²) in [5.41, 5.74) is 4.67. The van der Waals surface area contributed by atoms with Crippen molar-refractivity contribution in [2.24, 2.45) is 0 Å². The molecule has 1 heterocycles. The van der Waals surface area contributed by atoms with Gasteiger partial charge in [-0.3, -0.25) is 20.4 Å². The molecule has 3 rings (SSSR count). The molecule has 1 atom stereocenters. The van der Waals surface area contributed by atoms with Crippen LogP contribution in [0.5, 0.6) is 17.2 Å². The molecule has 7 nitrogen and oxygen atoms in total. The fourth-order valence-electron chi connectivity index (χ4n) is 2.20. The van der Waals surface area contributed by atoms with Crippen LogP contribution in [0.3, 0.4) is 0 Å². The summed E-state index contributed by atoms with van der Waals surface area (Å²) in [6.45, 7) is 0.290. The average Bonchev–Trinajstić information content (AvgIpc) is 2.66. The van der Waals surface area contributed by atoms with Gasteiger partial charge >= 0.3 is 0 Å². The number of hydrogen-bond acceptors (Lipinski definition) is 5. The van der Waals surface area contributed by atoms with E-state index in [0.29, 0.717) is 17.2 Å². The zero-order valence-corrected chi connectivity index (χ0v) is 13.4. The van der Waals surface area contributed by atoms with E-state index in [0.717, 1.165) is 0 Å². The van der Waals surface area contributed by atoms with Gasteiger partial charge in [-0.2, -0.15) is 0 Å². The Kier molecular flexibility index (Phi) is 5.36. The van der Waals surface area contributed by atoms with Crippen LogP contribution in [0.25, 0.3) is 0 Å². The van der Waals surface area contributed by atoms with Gasteiger partial charge in [0, 0.05) is 0 Å². The van der Waals surface area contributed by atoms with Crippen molar-refractivity contribution in [3.8, 4) is 17.2 Å². The maximum Gasteiger partial charge on any atom is 0.283 e. The van der Waals surface area contributed by atoms with E-state index in [1.807, 2.05) is 24.3 Å². The molecule has 0 spiro atoms. The van der Waals surface area contributed by atoms with Crippen LogP contribution < -0.4 is 25.1 Å². The molecule has 0 aromatic heterocycles. The van der Waals surface area contributed by atoms with Crippen LogP contribution in [0.15, 0.2) is 54.6 Å². The standard InChI is InChI=1S/C18H18N2O5/c21-17(10-11-23-13-6-2-1-3-7-13)19-20-18(22)16-12-24-14-8-4-5-9-15(14)25-16/h1-9,16H,10-12H2,(H,19,21)(H,20,22). The summed E-state index contributed by atoms with van der Waals surface area (Å²) in [6.07, 6.45) is -0.712. The fourth-order valence-corrected chi connectivity index (χ4v) is 2.20. The van der Waals surface area contributed by atoms with E-state index in [1.165, 1.54) is 0 Å². The molecule has 7 heteroatoms. The van der Waals surface area contributed by atoms with E-state index in [-0.39, 0.29) is 25.5 Å². The minimum Gasteiger partial charge on any atom is -0.493 e. The second kappa shape index (κ2) is 8.05. The van der Waals surface area contributed by atoms with Crippen LogP contribution in [0.1, 0.15) is 6.42 Å². The molecule has 130 valence electrons. The average molecular weight is 342 g/mol. The zero-order chi connectivity index (χ0) is 17.5. The van der Waals surface area contributed by atoms with Crippen LogP contribution in [-0.4, -0.2) is 31.1 Å². The molecule has 0 radical (unpaired) electrons. The first-order valence-electron chi connectivity index (χ1n) is 7.87. The minimum absolute atomic E-state index is 0.0792. The Bertz CT molecular complexity index is 735. The third-order valence-corrected chi connectivity index (χ3v) is 3.47. The smallest absolute Gasteiger partial charge is 0.283 e. The lowest BCUT2D eigenvalue weighted by molar-refractivity contribution is -0.135. The number of hydrogen-bond donors (Lipinski definition) is 2. The molecule has 2 N–H and O–H groups in total. The van der Waals surface area contributed by atoms with E-state index in [1.54, 1.807) is 30.3 Å². The third kappa shape index (κ3) is 4.63. The van der Waals surface area contributed by atoms with Gasteiger partial charge in [-0.05, 0) is 24.3 Å². The number of amides is 2. The van der Waals surface area contributed by atoms with Crippen molar-refractivity contribution >= 4 is 11.8 Å². The summed E-state index contributed by atoms with van der Waals surface area (Å²) >= 11 is 0. The van der Waals surface area contributed by atoms with Crippen LogP contribution in [0.4, 0.5) is 0 Å². The number of benzene rings is 2. The quantitative estimate of drug-likeness (QED) is 0.803. The van der Waals surface area contributed by atoms with Crippen LogP contribution in [0.2, 0.25) is 0 Å². The number of para-hydroxylation sites is 3. The highest BCUT2D eigenvalue weighted by molar-refractivity contribution is 5.85. The largest absolute Gasteiger partial charge is 0.493 e. The predicted molar refractivity (Wildman–Crippen MR) is 89.2 cm³/mol. The summed E-state index contributed by atoms with van der Waals surface area (Å²) in [6, 6.07) is 16.3. The summed E-state index contributed by atoms with van der Waals surface area (Å²) in [5, 5.41) is 0.